The molecule has 0 saturated heterocycles. The summed E-state index contributed by atoms with van der Waals surface area (Å²) in [7, 11) is 0. The van der Waals surface area contributed by atoms with E-state index in [1.165, 1.54) is 0 Å². The summed E-state index contributed by atoms with van der Waals surface area (Å²) in [6.07, 6.45) is 0.829. The number of ether oxygens (including phenoxy) is 1. The van der Waals surface area contributed by atoms with Crippen LogP contribution in [0.2, 0.25) is 0 Å². The Bertz CT molecular complexity index is 899. The standard InChI is InChI=1S/C21H24N4O3/c1-14-20(26)24-16-7-4-6-15(19(16)23-14)21(27)22-10-5-11-25-12-13-28-18-9-3-2-8-17(18)25/h2-4,6-9,14,23H,5,10-13H2,1H3,(H,22,27)(H,24,26)/t14-/m1/s1. The van der Waals surface area contributed by atoms with Gasteiger partial charge in [0.25, 0.3) is 5.91 Å². The lowest BCUT2D eigenvalue weighted by atomic mass is 10.1. The highest BCUT2D eigenvalue weighted by Crippen LogP contribution is 2.31. The first-order valence-electron chi connectivity index (χ1n) is 9.59. The molecule has 7 heteroatoms. The zero-order chi connectivity index (χ0) is 19.5. The number of nitrogens with zero attached hydrogens (tertiary/aromatic N) is 1. The first-order chi connectivity index (χ1) is 13.6. The van der Waals surface area contributed by atoms with Gasteiger partial charge in [0, 0.05) is 13.1 Å². The Morgan fingerprint density at radius 1 is 1.25 bits per heavy atom. The fourth-order valence-corrected chi connectivity index (χ4v) is 3.55. The molecule has 0 aliphatic carbocycles. The molecule has 0 fully saturated rings. The van der Waals surface area contributed by atoms with Gasteiger partial charge in [-0.05, 0) is 37.6 Å². The van der Waals surface area contributed by atoms with Gasteiger partial charge >= 0.3 is 0 Å². The van der Waals surface area contributed by atoms with Gasteiger partial charge in [-0.25, -0.2) is 0 Å². The van der Waals surface area contributed by atoms with Crippen molar-refractivity contribution in [2.24, 2.45) is 0 Å². The number of carbonyl (C=O) groups is 2. The lowest BCUT2D eigenvalue weighted by Gasteiger charge is -2.31. The van der Waals surface area contributed by atoms with E-state index in [4.69, 9.17) is 4.74 Å². The van der Waals surface area contributed by atoms with Gasteiger partial charge in [0.2, 0.25) is 5.91 Å². The van der Waals surface area contributed by atoms with Crippen molar-refractivity contribution in [2.75, 3.05) is 41.8 Å². The Balaban J connectivity index is 1.34. The number of benzene rings is 2. The van der Waals surface area contributed by atoms with E-state index in [2.05, 4.69) is 26.9 Å². The summed E-state index contributed by atoms with van der Waals surface area (Å²) in [5.74, 6) is 0.668. The minimum absolute atomic E-state index is 0.101. The molecule has 4 rings (SSSR count). The van der Waals surface area contributed by atoms with E-state index in [0.29, 0.717) is 30.1 Å². The average molecular weight is 380 g/mol. The number of carbonyl (C=O) groups excluding carboxylic acids is 2. The van der Waals surface area contributed by atoms with Crippen LogP contribution in [0.1, 0.15) is 23.7 Å². The predicted octanol–water partition coefficient (Wildman–Crippen LogP) is 2.46. The Morgan fingerprint density at radius 3 is 3.00 bits per heavy atom. The summed E-state index contributed by atoms with van der Waals surface area (Å²) in [5.41, 5.74) is 2.96. The fraction of sp³-hybridized carbons (Fsp3) is 0.333. The van der Waals surface area contributed by atoms with Crippen molar-refractivity contribution in [1.82, 2.24) is 5.32 Å². The van der Waals surface area contributed by atoms with Crippen molar-refractivity contribution < 1.29 is 14.3 Å². The monoisotopic (exact) mass is 380 g/mol. The summed E-state index contributed by atoms with van der Waals surface area (Å²) in [6, 6.07) is 13.0. The number of nitrogens with one attached hydrogen (secondary N) is 3. The van der Waals surface area contributed by atoms with Gasteiger partial charge in [-0.2, -0.15) is 0 Å². The van der Waals surface area contributed by atoms with Gasteiger partial charge in [-0.1, -0.05) is 18.2 Å². The van der Waals surface area contributed by atoms with Crippen molar-refractivity contribution in [3.05, 3.63) is 48.0 Å². The van der Waals surface area contributed by atoms with E-state index < -0.39 is 0 Å². The molecule has 1 atom stereocenters. The Kier molecular flexibility index (Phi) is 5.06. The molecule has 0 aromatic heterocycles. The van der Waals surface area contributed by atoms with E-state index in [1.807, 2.05) is 18.2 Å². The van der Waals surface area contributed by atoms with E-state index in [1.54, 1.807) is 25.1 Å². The molecule has 146 valence electrons. The normalized spacial score (nSPS) is 17.5. The molecular weight excluding hydrogens is 356 g/mol. The highest BCUT2D eigenvalue weighted by molar-refractivity contribution is 6.09. The minimum atomic E-state index is -0.372. The lowest BCUT2D eigenvalue weighted by molar-refractivity contribution is -0.116. The average Bonchev–Trinajstić information content (AvgIpc) is 2.71. The van der Waals surface area contributed by atoms with Crippen LogP contribution < -0.4 is 25.6 Å². The lowest BCUT2D eigenvalue weighted by Crippen LogP contribution is -2.38. The van der Waals surface area contributed by atoms with Gasteiger partial charge in [0.1, 0.15) is 18.4 Å². The molecule has 0 saturated carbocycles. The second-order valence-corrected chi connectivity index (χ2v) is 7.00. The molecule has 2 heterocycles. The smallest absolute Gasteiger partial charge is 0.253 e. The van der Waals surface area contributed by atoms with Gasteiger partial charge in [0.05, 0.1) is 29.2 Å². The first kappa shape index (κ1) is 18.2. The van der Waals surface area contributed by atoms with Gasteiger partial charge in [0.15, 0.2) is 0 Å². The van der Waals surface area contributed by atoms with Crippen LogP contribution in [0, 0.1) is 0 Å². The molecule has 0 spiro atoms. The van der Waals surface area contributed by atoms with E-state index in [0.717, 1.165) is 30.9 Å². The van der Waals surface area contributed by atoms with Crippen molar-refractivity contribution in [3.8, 4) is 5.75 Å². The molecule has 0 bridgehead atoms. The number of anilines is 3. The molecule has 2 amide bonds. The fourth-order valence-electron chi connectivity index (χ4n) is 3.55. The van der Waals surface area contributed by atoms with Crippen LogP contribution in [0.25, 0.3) is 0 Å². The largest absolute Gasteiger partial charge is 0.490 e. The summed E-state index contributed by atoms with van der Waals surface area (Å²) < 4.78 is 5.68. The molecule has 3 N–H and O–H groups in total. The molecule has 2 aromatic carbocycles. The van der Waals surface area contributed by atoms with Crippen molar-refractivity contribution in [3.63, 3.8) is 0 Å². The van der Waals surface area contributed by atoms with Crippen LogP contribution in [0.4, 0.5) is 17.1 Å². The third kappa shape index (κ3) is 3.60. The topological polar surface area (TPSA) is 82.7 Å². The van der Waals surface area contributed by atoms with E-state index in [-0.39, 0.29) is 17.9 Å². The van der Waals surface area contributed by atoms with Crippen LogP contribution >= 0.6 is 0 Å². The number of amides is 2. The quantitative estimate of drug-likeness (QED) is 0.694. The van der Waals surface area contributed by atoms with Crippen molar-refractivity contribution in [2.45, 2.75) is 19.4 Å². The Morgan fingerprint density at radius 2 is 2.11 bits per heavy atom. The highest BCUT2D eigenvalue weighted by Gasteiger charge is 2.25. The van der Waals surface area contributed by atoms with E-state index in [9.17, 15) is 9.59 Å². The van der Waals surface area contributed by atoms with Gasteiger partial charge < -0.3 is 25.6 Å². The third-order valence-corrected chi connectivity index (χ3v) is 5.04. The number of hydrogen-bond acceptors (Lipinski definition) is 5. The zero-order valence-corrected chi connectivity index (χ0v) is 15.8. The third-order valence-electron chi connectivity index (χ3n) is 5.04. The highest BCUT2D eigenvalue weighted by atomic mass is 16.5. The van der Waals surface area contributed by atoms with Crippen molar-refractivity contribution >= 4 is 28.9 Å². The second-order valence-electron chi connectivity index (χ2n) is 7.00. The molecule has 2 aliphatic rings. The summed E-state index contributed by atoms with van der Waals surface area (Å²) in [6.45, 7) is 4.71. The van der Waals surface area contributed by atoms with Crippen LogP contribution in [0.15, 0.2) is 42.5 Å². The van der Waals surface area contributed by atoms with E-state index >= 15 is 0 Å². The van der Waals surface area contributed by atoms with Gasteiger partial charge in [-0.3, -0.25) is 9.59 Å². The maximum absolute atomic E-state index is 12.7. The second kappa shape index (κ2) is 7.80. The Hall–Kier alpha value is -3.22. The van der Waals surface area contributed by atoms with Crippen LogP contribution in [0.5, 0.6) is 5.75 Å². The molecular formula is C21H24N4O3. The molecule has 0 unspecified atom stereocenters. The summed E-state index contributed by atoms with van der Waals surface area (Å²) in [5, 5.41) is 8.93. The molecule has 28 heavy (non-hydrogen) atoms. The molecule has 2 aromatic rings. The summed E-state index contributed by atoms with van der Waals surface area (Å²) in [4.78, 5) is 26.7. The maximum atomic E-state index is 12.7. The number of rotatable bonds is 5. The Labute approximate surface area is 164 Å². The molecule has 2 aliphatic heterocycles. The first-order valence-corrected chi connectivity index (χ1v) is 9.59. The maximum Gasteiger partial charge on any atom is 0.253 e. The van der Waals surface area contributed by atoms with Crippen LogP contribution in [-0.2, 0) is 4.79 Å². The van der Waals surface area contributed by atoms with Gasteiger partial charge in [-0.15, -0.1) is 0 Å². The number of hydrogen-bond donors (Lipinski definition) is 3. The zero-order valence-electron chi connectivity index (χ0n) is 15.8. The van der Waals surface area contributed by atoms with Crippen LogP contribution in [0.3, 0.4) is 0 Å². The predicted molar refractivity (Wildman–Crippen MR) is 109 cm³/mol. The molecule has 7 nitrogen and oxygen atoms in total. The number of fused-ring (bicyclic) bond motifs is 2. The van der Waals surface area contributed by atoms with Crippen molar-refractivity contribution in [1.29, 1.82) is 0 Å². The summed E-state index contributed by atoms with van der Waals surface area (Å²) >= 11 is 0. The van der Waals surface area contributed by atoms with Crippen LogP contribution in [-0.4, -0.2) is 44.1 Å². The number of para-hydroxylation sites is 3. The SMILES string of the molecule is C[C@H]1Nc2c(cccc2C(=O)NCCCN2CCOc3ccccc32)NC1=O. The molecule has 0 radical (unpaired) electrons. The minimum Gasteiger partial charge on any atom is -0.490 e.